The number of aromatic nitrogens is 2. The van der Waals surface area contributed by atoms with Gasteiger partial charge in [-0.25, -0.2) is 4.68 Å². The maximum absolute atomic E-state index is 13.1. The summed E-state index contributed by atoms with van der Waals surface area (Å²) in [6.07, 6.45) is -4.87. The van der Waals surface area contributed by atoms with Crippen molar-refractivity contribution in [2.45, 2.75) is 18.6 Å². The van der Waals surface area contributed by atoms with Crippen LogP contribution in [-0.2, 0) is 19.6 Å². The van der Waals surface area contributed by atoms with Gasteiger partial charge in [-0.05, 0) is 30.7 Å². The molecule has 0 radical (unpaired) electrons. The molecular weight excluding hydrogens is 335 g/mol. The highest BCUT2D eigenvalue weighted by Gasteiger charge is 2.39. The van der Waals surface area contributed by atoms with E-state index in [0.717, 1.165) is 4.68 Å². The summed E-state index contributed by atoms with van der Waals surface area (Å²) in [5.41, 5.74) is 4.31. The molecule has 23 heavy (non-hydrogen) atoms. The second-order valence-corrected chi connectivity index (χ2v) is 5.39. The number of ether oxygens (including phenoxy) is 1. The number of nitrogens with zero attached hydrogens (tertiary/aromatic N) is 2. The van der Waals surface area contributed by atoms with Crippen molar-refractivity contribution in [2.75, 3.05) is 6.61 Å². The van der Waals surface area contributed by atoms with Crippen LogP contribution in [0, 0.1) is 0 Å². The van der Waals surface area contributed by atoms with Crippen LogP contribution in [0.5, 0.6) is 11.6 Å². The predicted octanol–water partition coefficient (Wildman–Crippen LogP) is 2.75. The van der Waals surface area contributed by atoms with E-state index in [1.165, 1.54) is 19.2 Å². The molecule has 0 amide bonds. The zero-order chi connectivity index (χ0) is 17.2. The van der Waals surface area contributed by atoms with E-state index in [0.29, 0.717) is 10.8 Å². The smallest absolute Gasteiger partial charge is 0.435 e. The lowest BCUT2D eigenvalue weighted by Crippen LogP contribution is -2.28. The summed E-state index contributed by atoms with van der Waals surface area (Å²) in [5, 5.41) is 13.0. The topological polar surface area (TPSA) is 73.3 Å². The second kappa shape index (κ2) is 6.77. The number of rotatable bonds is 5. The van der Waals surface area contributed by atoms with Crippen LogP contribution in [-0.4, -0.2) is 27.5 Å². The maximum Gasteiger partial charge on any atom is 0.435 e. The molecule has 1 aromatic carbocycles. The summed E-state index contributed by atoms with van der Waals surface area (Å²) in [5.74, 6) is 0.230. The first kappa shape index (κ1) is 17.6. The number of hydrogen-bond donors (Lipinski definition) is 2. The predicted molar refractivity (Wildman–Crippen MR) is 78.5 cm³/mol. The molecule has 0 aliphatic rings. The van der Waals surface area contributed by atoms with Gasteiger partial charge in [0, 0.05) is 23.7 Å². The molecule has 2 rings (SSSR count). The minimum Gasteiger partial charge on any atom is -0.439 e. The van der Waals surface area contributed by atoms with Crippen LogP contribution in [0.25, 0.3) is 0 Å². The molecule has 9 heteroatoms. The van der Waals surface area contributed by atoms with Crippen LogP contribution in [0.4, 0.5) is 13.2 Å². The van der Waals surface area contributed by atoms with E-state index in [-0.39, 0.29) is 17.9 Å². The molecule has 0 spiro atoms. The van der Waals surface area contributed by atoms with Gasteiger partial charge in [-0.15, -0.1) is 0 Å². The minimum absolute atomic E-state index is 0.0800. The molecule has 0 aliphatic heterocycles. The largest absolute Gasteiger partial charge is 0.439 e. The molecule has 1 atom stereocenters. The summed E-state index contributed by atoms with van der Waals surface area (Å²) in [4.78, 5) is 0. The van der Waals surface area contributed by atoms with Crippen molar-refractivity contribution in [2.24, 2.45) is 12.8 Å². The third-order valence-corrected chi connectivity index (χ3v) is 3.34. The van der Waals surface area contributed by atoms with Gasteiger partial charge in [-0.3, -0.25) is 0 Å². The van der Waals surface area contributed by atoms with Crippen molar-refractivity contribution in [3.8, 4) is 11.6 Å². The van der Waals surface area contributed by atoms with Gasteiger partial charge in [0.15, 0.2) is 5.69 Å². The number of halogens is 4. The molecule has 126 valence electrons. The fraction of sp³-hybridized carbons (Fsp3) is 0.357. The molecular formula is C14H15ClF3N3O2. The van der Waals surface area contributed by atoms with Crippen molar-refractivity contribution < 1.29 is 23.0 Å². The number of nitrogens with two attached hydrogens (primary N) is 1. The highest BCUT2D eigenvalue weighted by Crippen LogP contribution is 2.37. The number of alkyl halides is 3. The van der Waals surface area contributed by atoms with Gasteiger partial charge in [0.05, 0.1) is 6.61 Å². The number of benzene rings is 1. The molecule has 0 fully saturated rings. The molecule has 0 bridgehead atoms. The van der Waals surface area contributed by atoms with Crippen LogP contribution in [0.15, 0.2) is 24.3 Å². The third-order valence-electron chi connectivity index (χ3n) is 3.09. The SMILES string of the molecule is Cn1nc(C(F)(F)F)c(CC(N)CO)c1Oc1ccc(Cl)cc1. The average Bonchev–Trinajstić information content (AvgIpc) is 2.78. The molecule has 0 saturated carbocycles. The first-order valence-electron chi connectivity index (χ1n) is 6.65. The van der Waals surface area contributed by atoms with Gasteiger partial charge in [-0.2, -0.15) is 18.3 Å². The second-order valence-electron chi connectivity index (χ2n) is 4.96. The van der Waals surface area contributed by atoms with Crippen LogP contribution in [0.1, 0.15) is 11.3 Å². The summed E-state index contributed by atoms with van der Waals surface area (Å²) in [6.45, 7) is -0.452. The molecule has 0 aliphatic carbocycles. The van der Waals surface area contributed by atoms with E-state index in [4.69, 9.17) is 27.2 Å². The van der Waals surface area contributed by atoms with Crippen LogP contribution < -0.4 is 10.5 Å². The summed E-state index contributed by atoms with van der Waals surface area (Å²) in [6, 6.07) is 5.30. The molecule has 5 nitrogen and oxygen atoms in total. The highest BCUT2D eigenvalue weighted by molar-refractivity contribution is 6.30. The summed E-state index contributed by atoms with van der Waals surface area (Å²) in [7, 11) is 1.34. The van der Waals surface area contributed by atoms with E-state index in [2.05, 4.69) is 5.10 Å². The lowest BCUT2D eigenvalue weighted by Gasteiger charge is -2.13. The van der Waals surface area contributed by atoms with Crippen LogP contribution in [0.2, 0.25) is 5.02 Å². The Kier molecular flexibility index (Phi) is 5.18. The fourth-order valence-electron chi connectivity index (χ4n) is 2.03. The van der Waals surface area contributed by atoms with Crippen molar-refractivity contribution in [3.05, 3.63) is 40.5 Å². The van der Waals surface area contributed by atoms with E-state index < -0.39 is 24.5 Å². The number of aliphatic hydroxyl groups excluding tert-OH is 1. The van der Waals surface area contributed by atoms with Gasteiger partial charge in [-0.1, -0.05) is 11.6 Å². The summed E-state index contributed by atoms with van der Waals surface area (Å²) >= 11 is 5.76. The first-order chi connectivity index (χ1) is 10.7. The number of aliphatic hydroxyl groups is 1. The van der Waals surface area contributed by atoms with Crippen molar-refractivity contribution >= 4 is 11.6 Å². The molecule has 1 heterocycles. The van der Waals surface area contributed by atoms with E-state index >= 15 is 0 Å². The minimum atomic E-state index is -4.65. The van der Waals surface area contributed by atoms with E-state index in [9.17, 15) is 13.2 Å². The van der Waals surface area contributed by atoms with Crippen molar-refractivity contribution in [3.63, 3.8) is 0 Å². The molecule has 0 saturated heterocycles. The Balaban J connectivity index is 2.44. The lowest BCUT2D eigenvalue weighted by atomic mass is 10.1. The highest BCUT2D eigenvalue weighted by atomic mass is 35.5. The lowest BCUT2D eigenvalue weighted by molar-refractivity contribution is -0.142. The quantitative estimate of drug-likeness (QED) is 0.870. The normalized spacial score (nSPS) is 13.2. The van der Waals surface area contributed by atoms with Gasteiger partial charge < -0.3 is 15.6 Å². The Morgan fingerprint density at radius 2 is 1.96 bits per heavy atom. The van der Waals surface area contributed by atoms with Gasteiger partial charge in [0.25, 0.3) is 0 Å². The average molecular weight is 350 g/mol. The molecule has 1 unspecified atom stereocenters. The fourth-order valence-corrected chi connectivity index (χ4v) is 2.16. The number of hydrogen-bond acceptors (Lipinski definition) is 4. The Morgan fingerprint density at radius 1 is 1.35 bits per heavy atom. The zero-order valence-electron chi connectivity index (χ0n) is 12.1. The first-order valence-corrected chi connectivity index (χ1v) is 7.03. The molecule has 3 N–H and O–H groups in total. The van der Waals surface area contributed by atoms with Crippen LogP contribution >= 0.6 is 11.6 Å². The van der Waals surface area contributed by atoms with Crippen LogP contribution in [0.3, 0.4) is 0 Å². The van der Waals surface area contributed by atoms with Gasteiger partial charge in [0.2, 0.25) is 5.88 Å². The summed E-state index contributed by atoms with van der Waals surface area (Å²) < 4.78 is 45.9. The Morgan fingerprint density at radius 3 is 2.48 bits per heavy atom. The van der Waals surface area contributed by atoms with E-state index in [1.54, 1.807) is 12.1 Å². The monoisotopic (exact) mass is 349 g/mol. The Bertz CT molecular complexity index is 671. The van der Waals surface area contributed by atoms with Crippen molar-refractivity contribution in [1.29, 1.82) is 0 Å². The maximum atomic E-state index is 13.1. The van der Waals surface area contributed by atoms with Gasteiger partial charge >= 0.3 is 6.18 Å². The van der Waals surface area contributed by atoms with Crippen molar-refractivity contribution in [1.82, 2.24) is 9.78 Å². The zero-order valence-corrected chi connectivity index (χ0v) is 12.9. The number of aryl methyl sites for hydroxylation is 1. The third kappa shape index (κ3) is 4.15. The molecule has 2 aromatic rings. The van der Waals surface area contributed by atoms with E-state index in [1.807, 2.05) is 0 Å². The Labute approximate surface area is 135 Å². The molecule has 1 aromatic heterocycles. The Hall–Kier alpha value is -1.77. The standard InChI is InChI=1S/C14H15ClF3N3O2/c1-21-13(23-10-4-2-8(15)3-5-10)11(6-9(19)7-22)12(20-21)14(16,17)18/h2-5,9,22H,6-7,19H2,1H3. The van der Waals surface area contributed by atoms with Gasteiger partial charge in [0.1, 0.15) is 5.75 Å².